The molecule has 6 nitrogen and oxygen atoms in total. The molecule has 23 heavy (non-hydrogen) atoms. The third-order valence-corrected chi connectivity index (χ3v) is 4.15. The van der Waals surface area contributed by atoms with E-state index in [2.05, 4.69) is 10.2 Å². The van der Waals surface area contributed by atoms with Gasteiger partial charge in [0.1, 0.15) is 15.9 Å². The van der Waals surface area contributed by atoms with Gasteiger partial charge in [-0.3, -0.25) is 0 Å². The Morgan fingerprint density at radius 1 is 0.870 bits per heavy atom. The lowest BCUT2D eigenvalue weighted by atomic mass is 10.1. The van der Waals surface area contributed by atoms with Crippen LogP contribution in [-0.2, 0) is 10.1 Å². The fourth-order valence-electron chi connectivity index (χ4n) is 2.25. The Morgan fingerprint density at radius 3 is 2.30 bits per heavy atom. The molecule has 0 saturated heterocycles. The van der Waals surface area contributed by atoms with Crippen LogP contribution in [0.15, 0.2) is 75.8 Å². The summed E-state index contributed by atoms with van der Waals surface area (Å²) < 4.78 is 34.1. The summed E-state index contributed by atoms with van der Waals surface area (Å²) >= 11 is 0. The van der Waals surface area contributed by atoms with Gasteiger partial charge in [0, 0.05) is 5.39 Å². The minimum atomic E-state index is -4.66. The number of azo groups is 1. The maximum Gasteiger partial charge on any atom is 0.125 e. The van der Waals surface area contributed by atoms with E-state index in [9.17, 15) is 18.1 Å². The van der Waals surface area contributed by atoms with Crippen molar-refractivity contribution < 1.29 is 18.1 Å². The summed E-state index contributed by atoms with van der Waals surface area (Å²) in [4.78, 5) is -0.401. The van der Waals surface area contributed by atoms with Gasteiger partial charge in [0.15, 0.2) is 0 Å². The van der Waals surface area contributed by atoms with Crippen LogP contribution >= 0.6 is 0 Å². The van der Waals surface area contributed by atoms with Gasteiger partial charge < -0.3 is 9.66 Å². The summed E-state index contributed by atoms with van der Waals surface area (Å²) in [5.41, 5.74) is 0.881. The van der Waals surface area contributed by atoms with Crippen LogP contribution in [0, 0.1) is 0 Å². The molecular formula is C16H11N2O4S-. The van der Waals surface area contributed by atoms with Crippen molar-refractivity contribution in [1.82, 2.24) is 0 Å². The number of aromatic hydroxyl groups is 1. The Morgan fingerprint density at radius 2 is 1.61 bits per heavy atom. The average molecular weight is 327 g/mol. The Labute approximate surface area is 132 Å². The summed E-state index contributed by atoms with van der Waals surface area (Å²) in [7, 11) is -4.66. The van der Waals surface area contributed by atoms with Gasteiger partial charge in [-0.25, -0.2) is 8.42 Å². The molecule has 7 heteroatoms. The third-order valence-electron chi connectivity index (χ3n) is 3.26. The van der Waals surface area contributed by atoms with Crippen molar-refractivity contribution in [3.05, 3.63) is 60.7 Å². The van der Waals surface area contributed by atoms with Crippen LogP contribution in [0.25, 0.3) is 10.8 Å². The molecule has 0 bridgehead atoms. The van der Waals surface area contributed by atoms with Crippen molar-refractivity contribution in [2.24, 2.45) is 10.2 Å². The molecular weight excluding hydrogens is 316 g/mol. The second-order valence-electron chi connectivity index (χ2n) is 4.77. The van der Waals surface area contributed by atoms with Crippen LogP contribution < -0.4 is 0 Å². The van der Waals surface area contributed by atoms with Crippen LogP contribution in [0.1, 0.15) is 0 Å². The molecule has 0 radical (unpaired) electrons. The molecule has 0 atom stereocenters. The van der Waals surface area contributed by atoms with E-state index in [1.807, 2.05) is 6.07 Å². The lowest BCUT2D eigenvalue weighted by Gasteiger charge is -2.12. The fraction of sp³-hybridized carbons (Fsp3) is 0. The van der Waals surface area contributed by atoms with Crippen molar-refractivity contribution in [2.75, 3.05) is 0 Å². The van der Waals surface area contributed by atoms with Crippen LogP contribution in [-0.4, -0.2) is 18.1 Å². The first-order valence-corrected chi connectivity index (χ1v) is 8.05. The first-order chi connectivity index (χ1) is 11.0. The van der Waals surface area contributed by atoms with Crippen molar-refractivity contribution in [3.63, 3.8) is 0 Å². The number of hydrogen-bond acceptors (Lipinski definition) is 6. The zero-order valence-electron chi connectivity index (χ0n) is 11.7. The lowest BCUT2D eigenvalue weighted by Crippen LogP contribution is -1.99. The quantitative estimate of drug-likeness (QED) is 0.582. The number of phenols is 1. The van der Waals surface area contributed by atoms with Gasteiger partial charge >= 0.3 is 0 Å². The molecule has 3 aromatic carbocycles. The highest BCUT2D eigenvalue weighted by Crippen LogP contribution is 2.37. The topological polar surface area (TPSA) is 102 Å². The second-order valence-corrected chi connectivity index (χ2v) is 6.12. The van der Waals surface area contributed by atoms with Crippen molar-refractivity contribution in [3.8, 4) is 5.75 Å². The van der Waals surface area contributed by atoms with Gasteiger partial charge in [0.25, 0.3) is 0 Å². The van der Waals surface area contributed by atoms with Crippen molar-refractivity contribution in [1.29, 1.82) is 0 Å². The van der Waals surface area contributed by atoms with E-state index in [0.717, 1.165) is 0 Å². The van der Waals surface area contributed by atoms with E-state index in [4.69, 9.17) is 0 Å². The maximum atomic E-state index is 11.4. The predicted molar refractivity (Wildman–Crippen MR) is 84.2 cm³/mol. The Bertz CT molecular complexity index is 999. The Balaban J connectivity index is 2.22. The van der Waals surface area contributed by atoms with Gasteiger partial charge in [-0.1, -0.05) is 30.3 Å². The summed E-state index contributed by atoms with van der Waals surface area (Å²) in [5, 5.41) is 18.4. The maximum absolute atomic E-state index is 11.4. The fourth-order valence-corrected chi connectivity index (χ4v) is 2.92. The normalized spacial score (nSPS) is 12.0. The average Bonchev–Trinajstić information content (AvgIpc) is 2.52. The lowest BCUT2D eigenvalue weighted by molar-refractivity contribution is 0.464. The molecule has 0 heterocycles. The van der Waals surface area contributed by atoms with Crippen molar-refractivity contribution in [2.45, 2.75) is 4.90 Å². The highest BCUT2D eigenvalue weighted by Gasteiger charge is 2.13. The molecule has 0 saturated carbocycles. The largest absolute Gasteiger partial charge is 0.744 e. The molecule has 1 N–H and O–H groups in total. The summed E-state index contributed by atoms with van der Waals surface area (Å²) in [5.74, 6) is -0.171. The summed E-state index contributed by atoms with van der Waals surface area (Å²) in [6, 6.07) is 15.8. The summed E-state index contributed by atoms with van der Waals surface area (Å²) in [6.45, 7) is 0. The predicted octanol–water partition coefficient (Wildman–Crippen LogP) is 3.86. The first-order valence-electron chi connectivity index (χ1n) is 6.64. The highest BCUT2D eigenvalue weighted by atomic mass is 32.2. The molecule has 0 aromatic heterocycles. The Kier molecular flexibility index (Phi) is 3.81. The highest BCUT2D eigenvalue weighted by molar-refractivity contribution is 7.86. The molecule has 3 aromatic rings. The number of rotatable bonds is 3. The molecule has 0 amide bonds. The molecule has 0 aliphatic carbocycles. The number of fused-ring (bicyclic) bond motifs is 1. The smallest absolute Gasteiger partial charge is 0.125 e. The Hall–Kier alpha value is -2.77. The van der Waals surface area contributed by atoms with Crippen LogP contribution in [0.5, 0.6) is 5.75 Å². The molecule has 0 aliphatic heterocycles. The van der Waals surface area contributed by atoms with Crippen LogP contribution in [0.3, 0.4) is 0 Å². The first kappa shape index (κ1) is 15.1. The monoisotopic (exact) mass is 327 g/mol. The molecule has 0 spiro atoms. The molecule has 116 valence electrons. The van der Waals surface area contributed by atoms with E-state index in [0.29, 0.717) is 5.69 Å². The summed E-state index contributed by atoms with van der Waals surface area (Å²) in [6.07, 6.45) is 0. The van der Waals surface area contributed by atoms with Crippen LogP contribution in [0.2, 0.25) is 0 Å². The second kappa shape index (κ2) is 5.79. The van der Waals surface area contributed by atoms with Gasteiger partial charge in [0.2, 0.25) is 0 Å². The van der Waals surface area contributed by atoms with Crippen molar-refractivity contribution >= 4 is 32.3 Å². The van der Waals surface area contributed by atoms with E-state index < -0.39 is 15.0 Å². The molecule has 0 fully saturated rings. The SMILES string of the molecule is O=S(=O)([O-])c1ccc(N=Nc2ccccc2)c2c(O)cccc12. The van der Waals surface area contributed by atoms with Gasteiger partial charge in [-0.2, -0.15) is 5.11 Å². The van der Waals surface area contributed by atoms with E-state index in [-0.39, 0.29) is 22.2 Å². The number of benzene rings is 3. The van der Waals surface area contributed by atoms with Gasteiger partial charge in [0.05, 0.1) is 21.7 Å². The third kappa shape index (κ3) is 3.05. The number of phenolic OH excluding ortho intramolecular Hbond substituents is 1. The van der Waals surface area contributed by atoms with E-state index in [1.54, 1.807) is 24.3 Å². The number of hydrogen-bond donors (Lipinski definition) is 1. The standard InChI is InChI=1S/C16H12N2O4S/c19-14-8-4-7-12-15(23(20,21)22)10-9-13(16(12)14)18-17-11-5-2-1-3-6-11/h1-10,19H,(H,20,21,22)/p-1. The number of nitrogens with zero attached hydrogens (tertiary/aromatic N) is 2. The van der Waals surface area contributed by atoms with E-state index >= 15 is 0 Å². The molecule has 0 unspecified atom stereocenters. The molecule has 0 aliphatic rings. The van der Waals surface area contributed by atoms with Crippen LogP contribution in [0.4, 0.5) is 11.4 Å². The minimum absolute atomic E-state index is 0.115. The van der Waals surface area contributed by atoms with Gasteiger partial charge in [-0.15, -0.1) is 5.11 Å². The van der Waals surface area contributed by atoms with Gasteiger partial charge in [-0.05, 0) is 30.3 Å². The zero-order valence-corrected chi connectivity index (χ0v) is 12.6. The molecule has 3 rings (SSSR count). The minimum Gasteiger partial charge on any atom is -0.744 e. The zero-order chi connectivity index (χ0) is 16.4. The van der Waals surface area contributed by atoms with E-state index in [1.165, 1.54) is 30.3 Å².